The van der Waals surface area contributed by atoms with Crippen LogP contribution in [-0.4, -0.2) is 140 Å². The summed E-state index contributed by atoms with van der Waals surface area (Å²) in [4.78, 5) is 13.2. The summed E-state index contributed by atoms with van der Waals surface area (Å²) in [5, 5.41) is 86.9. The molecule has 0 aromatic heterocycles. The zero-order valence-electron chi connectivity index (χ0n) is 52.9. The van der Waals surface area contributed by atoms with Crippen LogP contribution in [0.5, 0.6) is 0 Å². The van der Waals surface area contributed by atoms with E-state index in [1.165, 1.54) is 173 Å². The van der Waals surface area contributed by atoms with Crippen LogP contribution in [0.4, 0.5) is 0 Å². The van der Waals surface area contributed by atoms with Gasteiger partial charge in [0.05, 0.1) is 32.0 Å². The highest BCUT2D eigenvalue weighted by atomic mass is 16.7. The molecule has 1 amide bonds. The molecule has 488 valence electrons. The first-order chi connectivity index (χ1) is 41.1. The van der Waals surface area contributed by atoms with E-state index in [4.69, 9.17) is 18.9 Å². The second-order valence-corrected chi connectivity index (χ2v) is 23.9. The first-order valence-electron chi connectivity index (χ1n) is 34.2. The van der Waals surface area contributed by atoms with E-state index in [0.29, 0.717) is 6.42 Å². The number of hydrogen-bond donors (Lipinski definition) is 9. The van der Waals surface area contributed by atoms with Crippen molar-refractivity contribution in [2.45, 2.75) is 344 Å². The number of aliphatic hydroxyl groups excluding tert-OH is 8. The van der Waals surface area contributed by atoms with Crippen molar-refractivity contribution in [3.05, 3.63) is 72.9 Å². The van der Waals surface area contributed by atoms with Crippen molar-refractivity contribution in [2.75, 3.05) is 19.8 Å². The van der Waals surface area contributed by atoms with Crippen molar-refractivity contribution >= 4 is 5.91 Å². The highest BCUT2D eigenvalue weighted by Gasteiger charge is 2.51. The fourth-order valence-corrected chi connectivity index (χ4v) is 11.0. The molecule has 2 saturated heterocycles. The normalized spacial score (nSPS) is 24.1. The predicted octanol–water partition coefficient (Wildman–Crippen LogP) is 13.5. The van der Waals surface area contributed by atoms with E-state index in [1.54, 1.807) is 6.08 Å². The Morgan fingerprint density at radius 3 is 1.26 bits per heavy atom. The van der Waals surface area contributed by atoms with Gasteiger partial charge in [-0.2, -0.15) is 0 Å². The van der Waals surface area contributed by atoms with E-state index in [1.807, 2.05) is 6.08 Å². The molecule has 0 radical (unpaired) electrons. The van der Waals surface area contributed by atoms with Crippen LogP contribution in [0.25, 0.3) is 0 Å². The molecular formula is C70H125NO13. The van der Waals surface area contributed by atoms with Gasteiger partial charge in [-0.1, -0.05) is 273 Å². The van der Waals surface area contributed by atoms with Crippen LogP contribution >= 0.6 is 0 Å². The van der Waals surface area contributed by atoms with Crippen molar-refractivity contribution in [1.82, 2.24) is 5.32 Å². The maximum Gasteiger partial charge on any atom is 0.220 e. The lowest BCUT2D eigenvalue weighted by molar-refractivity contribution is -0.359. The lowest BCUT2D eigenvalue weighted by Crippen LogP contribution is -2.65. The largest absolute Gasteiger partial charge is 0.394 e. The number of nitrogens with one attached hydrogen (secondary N) is 1. The number of carbonyl (C=O) groups is 1. The van der Waals surface area contributed by atoms with E-state index < -0.39 is 86.8 Å². The minimum absolute atomic E-state index is 0.239. The molecule has 0 aromatic carbocycles. The Morgan fingerprint density at radius 2 is 0.821 bits per heavy atom. The second-order valence-electron chi connectivity index (χ2n) is 23.9. The number of hydrogen-bond acceptors (Lipinski definition) is 13. The molecule has 2 rings (SSSR count). The molecule has 0 spiro atoms. The molecule has 2 heterocycles. The second kappa shape index (κ2) is 54.6. The van der Waals surface area contributed by atoms with Gasteiger partial charge in [-0.05, 0) is 64.2 Å². The van der Waals surface area contributed by atoms with E-state index in [-0.39, 0.29) is 18.9 Å². The van der Waals surface area contributed by atoms with Gasteiger partial charge in [-0.25, -0.2) is 0 Å². The smallest absolute Gasteiger partial charge is 0.220 e. The number of carbonyl (C=O) groups excluding carboxylic acids is 1. The third-order valence-electron chi connectivity index (χ3n) is 16.4. The topological polar surface area (TPSA) is 228 Å². The first-order valence-corrected chi connectivity index (χ1v) is 34.2. The standard InChI is InChI=1S/C70H125NO13/c1-3-5-7-9-11-13-14-15-16-17-18-19-20-21-22-23-24-25-26-27-28-29-30-31-32-33-34-35-36-37-38-39-40-41-42-43-44-46-48-50-52-54-62(75)71-58(59(74)53-51-49-47-45-12-10-8-6-4-2)57-81-69-67(80)65(78)68(61(56-73)83-69)84-70-66(79)64(77)63(76)60(55-72)82-70/h5,7,11,13,15-16,18-19,21-22,51,53,58-61,63-70,72-74,76-80H,3-4,6,8-10,12,14,17,20,23-50,52,54-57H2,1-2H3,(H,71,75)/b7-5-,13-11-,16-15-,19-18-,22-21-,53-51+. The molecule has 14 heteroatoms. The number of ether oxygens (including phenoxy) is 4. The molecule has 2 aliphatic rings. The number of allylic oxidation sites excluding steroid dienone is 11. The van der Waals surface area contributed by atoms with Gasteiger partial charge >= 0.3 is 0 Å². The molecule has 9 N–H and O–H groups in total. The zero-order chi connectivity index (χ0) is 60.9. The van der Waals surface area contributed by atoms with Gasteiger partial charge in [0.1, 0.15) is 48.8 Å². The molecule has 84 heavy (non-hydrogen) atoms. The number of unbranched alkanes of at least 4 members (excludes halogenated alkanes) is 32. The van der Waals surface area contributed by atoms with Gasteiger partial charge in [-0.3, -0.25) is 4.79 Å². The molecule has 0 aliphatic carbocycles. The molecule has 0 bridgehead atoms. The van der Waals surface area contributed by atoms with Crippen LogP contribution in [0, 0.1) is 0 Å². The molecular weight excluding hydrogens is 1060 g/mol. The van der Waals surface area contributed by atoms with Crippen LogP contribution in [0.1, 0.15) is 271 Å². The summed E-state index contributed by atoms with van der Waals surface area (Å²) in [5.41, 5.74) is 0. The SMILES string of the molecule is CC/C=C\C/C=C\C/C=C\C/C=C\C/C=C\CCCCCCCCCCCCCCCCCCCCCCCCCCCC(=O)NC(COC1OC(CO)C(OC2OC(CO)C(O)C(O)C2O)C(O)C1O)C(O)/C=C/CCCCCCCCC. The van der Waals surface area contributed by atoms with E-state index >= 15 is 0 Å². The van der Waals surface area contributed by atoms with Crippen molar-refractivity contribution in [3.8, 4) is 0 Å². The number of rotatable bonds is 55. The molecule has 14 nitrogen and oxygen atoms in total. The Labute approximate surface area is 510 Å². The van der Waals surface area contributed by atoms with Gasteiger partial charge < -0.3 is 65.1 Å². The van der Waals surface area contributed by atoms with Crippen LogP contribution in [-0.2, 0) is 23.7 Å². The minimum atomic E-state index is -1.79. The Balaban J connectivity index is 1.50. The van der Waals surface area contributed by atoms with Crippen molar-refractivity contribution < 1.29 is 64.6 Å². The Kier molecular flexibility index (Phi) is 50.4. The summed E-state index contributed by atoms with van der Waals surface area (Å²) in [6.45, 7) is 2.65. The Morgan fingerprint density at radius 1 is 0.440 bits per heavy atom. The van der Waals surface area contributed by atoms with Crippen molar-refractivity contribution in [3.63, 3.8) is 0 Å². The van der Waals surface area contributed by atoms with Crippen LogP contribution in [0.2, 0.25) is 0 Å². The lowest BCUT2D eigenvalue weighted by Gasteiger charge is -2.46. The van der Waals surface area contributed by atoms with Crippen LogP contribution in [0.3, 0.4) is 0 Å². The first kappa shape index (κ1) is 77.5. The molecule has 12 unspecified atom stereocenters. The third-order valence-corrected chi connectivity index (χ3v) is 16.4. The lowest BCUT2D eigenvalue weighted by atomic mass is 9.97. The van der Waals surface area contributed by atoms with Gasteiger partial charge in [0.15, 0.2) is 12.6 Å². The van der Waals surface area contributed by atoms with E-state index in [2.05, 4.69) is 79.9 Å². The fourth-order valence-electron chi connectivity index (χ4n) is 11.0. The van der Waals surface area contributed by atoms with Gasteiger partial charge in [0.25, 0.3) is 0 Å². The number of aliphatic hydroxyl groups is 8. The predicted molar refractivity (Wildman–Crippen MR) is 341 cm³/mol. The monoisotopic (exact) mass is 1190 g/mol. The zero-order valence-corrected chi connectivity index (χ0v) is 52.9. The van der Waals surface area contributed by atoms with Gasteiger partial charge in [0.2, 0.25) is 5.91 Å². The Bertz CT molecular complexity index is 1690. The van der Waals surface area contributed by atoms with Crippen molar-refractivity contribution in [1.29, 1.82) is 0 Å². The molecule has 12 atom stereocenters. The summed E-state index contributed by atoms with van der Waals surface area (Å²) < 4.78 is 22.7. The highest BCUT2D eigenvalue weighted by Crippen LogP contribution is 2.30. The number of amides is 1. The van der Waals surface area contributed by atoms with Crippen LogP contribution in [0.15, 0.2) is 72.9 Å². The van der Waals surface area contributed by atoms with Crippen molar-refractivity contribution in [2.24, 2.45) is 0 Å². The maximum absolute atomic E-state index is 13.2. The third kappa shape index (κ3) is 38.7. The Hall–Kier alpha value is -2.57. The van der Waals surface area contributed by atoms with Crippen LogP contribution < -0.4 is 5.32 Å². The average Bonchev–Trinajstić information content (AvgIpc) is 2.28. The summed E-state index contributed by atoms with van der Waals surface area (Å²) in [5.74, 6) is -0.239. The summed E-state index contributed by atoms with van der Waals surface area (Å²) in [6.07, 6.45) is 57.3. The maximum atomic E-state index is 13.2. The summed E-state index contributed by atoms with van der Waals surface area (Å²) in [7, 11) is 0. The average molecular weight is 1190 g/mol. The highest BCUT2D eigenvalue weighted by molar-refractivity contribution is 5.76. The molecule has 2 aliphatic heterocycles. The van der Waals surface area contributed by atoms with Gasteiger partial charge in [0, 0.05) is 6.42 Å². The molecule has 0 saturated carbocycles. The summed E-state index contributed by atoms with van der Waals surface area (Å²) >= 11 is 0. The quantitative estimate of drug-likeness (QED) is 0.0204. The minimum Gasteiger partial charge on any atom is -0.394 e. The molecule has 2 fully saturated rings. The van der Waals surface area contributed by atoms with Gasteiger partial charge in [-0.15, -0.1) is 0 Å². The molecule has 0 aromatic rings. The fraction of sp³-hybridized carbons (Fsp3) is 0.814. The summed E-state index contributed by atoms with van der Waals surface area (Å²) in [6, 6.07) is -0.912. The van der Waals surface area contributed by atoms with E-state index in [9.17, 15) is 45.6 Å². The van der Waals surface area contributed by atoms with E-state index in [0.717, 1.165) is 70.6 Å².